The minimum Gasteiger partial charge on any atom is -0.376 e. The molecule has 0 aromatic heterocycles. The predicted molar refractivity (Wildman–Crippen MR) is 106 cm³/mol. The standard InChI is InChI=1S/C12H10OSi.C10H20O/c13-14(11-7-3-1-4-8-11)12-9-5-2-6-10-12;1-9(2,3)8-6-7-11-10(8,4)5/h1-10H;8H,6-7H2,1-5H3. The molecule has 0 bridgehead atoms. The number of hydrogen-bond donors (Lipinski definition) is 0. The van der Waals surface area contributed by atoms with Crippen LogP contribution < -0.4 is 10.4 Å². The summed E-state index contributed by atoms with van der Waals surface area (Å²) in [4.78, 5) is 0. The van der Waals surface area contributed by atoms with E-state index in [1.165, 1.54) is 6.42 Å². The van der Waals surface area contributed by atoms with Gasteiger partial charge in [-0.2, -0.15) is 0 Å². The van der Waals surface area contributed by atoms with Crippen molar-refractivity contribution in [1.29, 1.82) is 0 Å². The Kier molecular flexibility index (Phi) is 6.47. The van der Waals surface area contributed by atoms with Crippen LogP contribution in [0.25, 0.3) is 0 Å². The Hall–Kier alpha value is -1.58. The molecule has 1 fully saturated rings. The lowest BCUT2D eigenvalue weighted by Gasteiger charge is -2.36. The van der Waals surface area contributed by atoms with Crippen LogP contribution in [0.1, 0.15) is 41.0 Å². The fourth-order valence-corrected chi connectivity index (χ4v) is 5.03. The molecular formula is C22H30O2Si. The molecule has 0 saturated carbocycles. The molecule has 0 spiro atoms. The molecular weight excluding hydrogens is 324 g/mol. The Labute approximate surface area is 153 Å². The van der Waals surface area contributed by atoms with Crippen LogP contribution >= 0.6 is 0 Å². The summed E-state index contributed by atoms with van der Waals surface area (Å²) in [6, 6.07) is 19.2. The summed E-state index contributed by atoms with van der Waals surface area (Å²) in [5.74, 6) is 0.704. The van der Waals surface area contributed by atoms with E-state index in [0.29, 0.717) is 11.3 Å². The molecule has 1 aliphatic rings. The van der Waals surface area contributed by atoms with Crippen LogP contribution in [-0.4, -0.2) is 20.9 Å². The Balaban J connectivity index is 0.000000186. The lowest BCUT2D eigenvalue weighted by molar-refractivity contribution is -0.0178. The third kappa shape index (κ3) is 5.45. The summed E-state index contributed by atoms with van der Waals surface area (Å²) in [5, 5.41) is 1.84. The van der Waals surface area contributed by atoms with E-state index in [2.05, 4.69) is 34.6 Å². The average Bonchev–Trinajstić information content (AvgIpc) is 2.96. The van der Waals surface area contributed by atoms with Crippen molar-refractivity contribution in [3.63, 3.8) is 0 Å². The Morgan fingerprint density at radius 3 is 1.64 bits per heavy atom. The first kappa shape index (κ1) is 19.7. The number of ether oxygens (including phenoxy) is 1. The van der Waals surface area contributed by atoms with Crippen LogP contribution in [-0.2, 0) is 9.20 Å². The summed E-state index contributed by atoms with van der Waals surface area (Å²) in [5.41, 5.74) is 0.484. The molecule has 0 N–H and O–H groups in total. The molecule has 0 radical (unpaired) electrons. The molecule has 25 heavy (non-hydrogen) atoms. The third-order valence-electron chi connectivity index (χ3n) is 4.84. The second-order valence-electron chi connectivity index (χ2n) is 8.22. The van der Waals surface area contributed by atoms with E-state index >= 15 is 0 Å². The number of benzene rings is 2. The van der Waals surface area contributed by atoms with Gasteiger partial charge < -0.3 is 9.20 Å². The van der Waals surface area contributed by atoms with Gasteiger partial charge in [0, 0.05) is 17.0 Å². The molecule has 0 amide bonds. The first-order chi connectivity index (χ1) is 11.7. The van der Waals surface area contributed by atoms with Gasteiger partial charge in [-0.05, 0) is 31.6 Å². The van der Waals surface area contributed by atoms with Crippen LogP contribution in [0.2, 0.25) is 0 Å². The second kappa shape index (κ2) is 8.20. The van der Waals surface area contributed by atoms with E-state index in [4.69, 9.17) is 4.74 Å². The van der Waals surface area contributed by atoms with E-state index in [1.807, 2.05) is 60.7 Å². The van der Waals surface area contributed by atoms with Gasteiger partial charge >= 0.3 is 8.68 Å². The minimum absolute atomic E-state index is 0.0955. The van der Waals surface area contributed by atoms with E-state index in [0.717, 1.165) is 17.0 Å². The smallest absolute Gasteiger partial charge is 0.346 e. The minimum atomic E-state index is -1.79. The van der Waals surface area contributed by atoms with Gasteiger partial charge in [-0.15, -0.1) is 0 Å². The molecule has 2 aromatic carbocycles. The van der Waals surface area contributed by atoms with Crippen molar-refractivity contribution in [2.24, 2.45) is 11.3 Å². The predicted octanol–water partition coefficient (Wildman–Crippen LogP) is 4.07. The molecule has 2 aromatic rings. The summed E-state index contributed by atoms with van der Waals surface area (Å²) >= 11 is 0. The van der Waals surface area contributed by atoms with Gasteiger partial charge in [0.1, 0.15) is 0 Å². The molecule has 3 heteroatoms. The normalized spacial score (nSPS) is 19.0. The molecule has 1 aliphatic heterocycles. The van der Waals surface area contributed by atoms with E-state index in [1.54, 1.807) is 0 Å². The van der Waals surface area contributed by atoms with E-state index < -0.39 is 8.68 Å². The van der Waals surface area contributed by atoms with Gasteiger partial charge in [0.15, 0.2) is 0 Å². The van der Waals surface area contributed by atoms with Crippen molar-refractivity contribution in [1.82, 2.24) is 0 Å². The fourth-order valence-electron chi connectivity index (χ4n) is 3.71. The van der Waals surface area contributed by atoms with Crippen molar-refractivity contribution in [2.75, 3.05) is 6.61 Å². The van der Waals surface area contributed by atoms with Crippen LogP contribution in [0.5, 0.6) is 0 Å². The Morgan fingerprint density at radius 1 is 0.920 bits per heavy atom. The quantitative estimate of drug-likeness (QED) is 0.760. The van der Waals surface area contributed by atoms with Gasteiger partial charge in [-0.25, -0.2) is 0 Å². The van der Waals surface area contributed by atoms with Gasteiger partial charge in [-0.3, -0.25) is 0 Å². The Bertz CT molecular complexity index is 631. The van der Waals surface area contributed by atoms with E-state index in [-0.39, 0.29) is 5.60 Å². The zero-order chi connectivity index (χ0) is 18.5. The highest BCUT2D eigenvalue weighted by Gasteiger charge is 2.42. The molecule has 2 nitrogen and oxygen atoms in total. The van der Waals surface area contributed by atoms with Gasteiger partial charge in [0.25, 0.3) is 0 Å². The van der Waals surface area contributed by atoms with Crippen molar-refractivity contribution in [3.8, 4) is 0 Å². The molecule has 0 aliphatic carbocycles. The second-order valence-corrected chi connectivity index (χ2v) is 10.0. The number of hydrogen-bond acceptors (Lipinski definition) is 2. The molecule has 1 heterocycles. The van der Waals surface area contributed by atoms with Crippen molar-refractivity contribution >= 4 is 19.1 Å². The maximum Gasteiger partial charge on any atom is 0.346 e. The van der Waals surface area contributed by atoms with Crippen molar-refractivity contribution < 1.29 is 9.20 Å². The first-order valence-corrected chi connectivity index (χ1v) is 10.4. The van der Waals surface area contributed by atoms with Gasteiger partial charge in [-0.1, -0.05) is 81.4 Å². The summed E-state index contributed by atoms with van der Waals surface area (Å²) in [6.45, 7) is 12.2. The lowest BCUT2D eigenvalue weighted by Crippen LogP contribution is -2.36. The maximum absolute atomic E-state index is 12.0. The molecule has 134 valence electrons. The highest BCUT2D eigenvalue weighted by Crippen LogP contribution is 2.43. The van der Waals surface area contributed by atoms with Crippen LogP contribution in [0.3, 0.4) is 0 Å². The Morgan fingerprint density at radius 2 is 1.36 bits per heavy atom. The fraction of sp³-hybridized carbons (Fsp3) is 0.455. The topological polar surface area (TPSA) is 26.3 Å². The zero-order valence-electron chi connectivity index (χ0n) is 16.1. The molecule has 1 saturated heterocycles. The molecule has 1 unspecified atom stereocenters. The highest BCUT2D eigenvalue weighted by molar-refractivity contribution is 6.72. The van der Waals surface area contributed by atoms with Gasteiger partial charge in [0.2, 0.25) is 0 Å². The highest BCUT2D eigenvalue weighted by atomic mass is 28.3. The zero-order valence-corrected chi connectivity index (χ0v) is 17.1. The molecule has 3 rings (SSSR count). The third-order valence-corrected chi connectivity index (χ3v) is 6.55. The van der Waals surface area contributed by atoms with Crippen LogP contribution in [0, 0.1) is 11.3 Å². The van der Waals surface area contributed by atoms with E-state index in [9.17, 15) is 4.46 Å². The first-order valence-electron chi connectivity index (χ1n) is 9.00. The summed E-state index contributed by atoms with van der Waals surface area (Å²) in [6.07, 6.45) is 1.22. The summed E-state index contributed by atoms with van der Waals surface area (Å²) in [7, 11) is -1.79. The maximum atomic E-state index is 12.0. The van der Waals surface area contributed by atoms with Crippen molar-refractivity contribution in [2.45, 2.75) is 46.6 Å². The monoisotopic (exact) mass is 354 g/mol. The lowest BCUT2D eigenvalue weighted by atomic mass is 9.72. The van der Waals surface area contributed by atoms with Crippen molar-refractivity contribution in [3.05, 3.63) is 60.7 Å². The van der Waals surface area contributed by atoms with Gasteiger partial charge in [0.05, 0.1) is 5.60 Å². The summed E-state index contributed by atoms with van der Waals surface area (Å²) < 4.78 is 17.7. The molecule has 1 atom stereocenters. The van der Waals surface area contributed by atoms with Crippen LogP contribution in [0.4, 0.5) is 0 Å². The number of rotatable bonds is 2. The average molecular weight is 355 g/mol. The largest absolute Gasteiger partial charge is 0.376 e. The van der Waals surface area contributed by atoms with Crippen LogP contribution in [0.15, 0.2) is 60.7 Å². The SMILES string of the molecule is CC(C)(C)C1CCOC1(C)C.O=[Si](c1ccccc1)c1ccccc1.